The second-order valence-corrected chi connectivity index (χ2v) is 5.63. The van der Waals surface area contributed by atoms with E-state index in [-0.39, 0.29) is 32.2 Å². The molecule has 0 aliphatic rings. The van der Waals surface area contributed by atoms with Gasteiger partial charge in [0.15, 0.2) is 5.13 Å². The highest BCUT2D eigenvalue weighted by Gasteiger charge is 2.18. The summed E-state index contributed by atoms with van der Waals surface area (Å²) >= 11 is 1.34. The fourth-order valence-electron chi connectivity index (χ4n) is 1.99. The Morgan fingerprint density at radius 1 is 1.32 bits per heavy atom. The summed E-state index contributed by atoms with van der Waals surface area (Å²) in [4.78, 5) is 17.9. The zero-order valence-electron chi connectivity index (χ0n) is 12.3. The number of amides is 1. The molecule has 1 aromatic carbocycles. The zero-order chi connectivity index (χ0) is 15.9. The van der Waals surface area contributed by atoms with Gasteiger partial charge in [-0.05, 0) is 24.6 Å². The van der Waals surface area contributed by atoms with Gasteiger partial charge in [-0.15, -0.1) is 11.3 Å². The third-order valence-corrected chi connectivity index (χ3v) is 3.78. The summed E-state index contributed by atoms with van der Waals surface area (Å²) < 4.78 is 0. The van der Waals surface area contributed by atoms with E-state index in [1.807, 2.05) is 31.2 Å². The van der Waals surface area contributed by atoms with Crippen LogP contribution in [0.5, 0.6) is 0 Å². The molecule has 1 aromatic heterocycles. The van der Waals surface area contributed by atoms with Gasteiger partial charge in [0.1, 0.15) is 5.69 Å². The number of hydrogen-bond donors (Lipinski definition) is 3. The fraction of sp³-hybridized carbons (Fsp3) is 0.333. The molecular weight excluding hydrogens is 302 g/mol. The highest BCUT2D eigenvalue weighted by atomic mass is 32.1. The summed E-state index contributed by atoms with van der Waals surface area (Å²) in [7, 11) is 0. The highest BCUT2D eigenvalue weighted by Crippen LogP contribution is 2.22. The fourth-order valence-corrected chi connectivity index (χ4v) is 2.70. The Labute approximate surface area is 133 Å². The molecule has 0 unspecified atom stereocenters. The lowest BCUT2D eigenvalue weighted by atomic mass is 10.2. The molecule has 0 aliphatic carbocycles. The molecule has 0 saturated carbocycles. The molecule has 22 heavy (non-hydrogen) atoms. The van der Waals surface area contributed by atoms with Gasteiger partial charge in [-0.1, -0.05) is 12.1 Å². The van der Waals surface area contributed by atoms with Crippen molar-refractivity contribution < 1.29 is 15.0 Å². The van der Waals surface area contributed by atoms with Crippen molar-refractivity contribution in [2.45, 2.75) is 6.92 Å². The Bertz CT molecular complexity index is 624. The third-order valence-electron chi connectivity index (χ3n) is 3.02. The lowest BCUT2D eigenvalue weighted by molar-refractivity contribution is 0.0680. The summed E-state index contributed by atoms with van der Waals surface area (Å²) in [6.45, 7) is 2.06. The minimum atomic E-state index is -0.295. The Morgan fingerprint density at radius 3 is 2.68 bits per heavy atom. The number of nitrogens with zero attached hydrogens (tertiary/aromatic N) is 2. The second-order valence-electron chi connectivity index (χ2n) is 4.77. The monoisotopic (exact) mass is 321 g/mol. The molecule has 0 atom stereocenters. The number of aliphatic hydroxyl groups is 2. The first-order valence-electron chi connectivity index (χ1n) is 6.94. The van der Waals surface area contributed by atoms with Crippen molar-refractivity contribution in [3.05, 3.63) is 40.9 Å². The van der Waals surface area contributed by atoms with E-state index < -0.39 is 0 Å². The van der Waals surface area contributed by atoms with Crippen LogP contribution in [0.4, 0.5) is 10.8 Å². The van der Waals surface area contributed by atoms with Crippen molar-refractivity contribution in [1.82, 2.24) is 9.88 Å². The van der Waals surface area contributed by atoms with E-state index in [9.17, 15) is 4.79 Å². The molecule has 0 saturated heterocycles. The number of carbonyl (C=O) groups excluding carboxylic acids is 1. The molecule has 1 heterocycles. The largest absolute Gasteiger partial charge is 0.395 e. The maximum atomic E-state index is 12.3. The first-order valence-corrected chi connectivity index (χ1v) is 7.82. The van der Waals surface area contributed by atoms with Gasteiger partial charge in [-0.25, -0.2) is 4.98 Å². The topological polar surface area (TPSA) is 85.7 Å². The SMILES string of the molecule is Cc1cccc(Nc2nc(C(=O)N(CCO)CCO)cs2)c1. The van der Waals surface area contributed by atoms with Crippen molar-refractivity contribution in [3.8, 4) is 0 Å². The number of anilines is 2. The van der Waals surface area contributed by atoms with Crippen LogP contribution in [-0.4, -0.2) is 52.3 Å². The normalized spacial score (nSPS) is 10.5. The van der Waals surface area contributed by atoms with E-state index in [2.05, 4.69) is 10.3 Å². The van der Waals surface area contributed by atoms with Gasteiger partial charge in [-0.3, -0.25) is 4.79 Å². The molecular formula is C15H19N3O3S. The Kier molecular flexibility index (Phi) is 5.88. The van der Waals surface area contributed by atoms with Crippen LogP contribution in [-0.2, 0) is 0 Å². The van der Waals surface area contributed by atoms with E-state index >= 15 is 0 Å². The molecule has 0 radical (unpaired) electrons. The summed E-state index contributed by atoms with van der Waals surface area (Å²) in [6, 6.07) is 7.87. The van der Waals surface area contributed by atoms with Crippen LogP contribution in [0.3, 0.4) is 0 Å². The lowest BCUT2D eigenvalue weighted by Gasteiger charge is -2.19. The number of nitrogens with one attached hydrogen (secondary N) is 1. The Balaban J connectivity index is 2.08. The molecule has 6 nitrogen and oxygen atoms in total. The van der Waals surface area contributed by atoms with E-state index in [1.165, 1.54) is 16.2 Å². The van der Waals surface area contributed by atoms with Crippen molar-refractivity contribution in [3.63, 3.8) is 0 Å². The number of aliphatic hydroxyl groups excluding tert-OH is 2. The summed E-state index contributed by atoms with van der Waals surface area (Å²) in [5.74, 6) is -0.295. The van der Waals surface area contributed by atoms with Gasteiger partial charge in [0.2, 0.25) is 0 Å². The van der Waals surface area contributed by atoms with Crippen LogP contribution in [0.15, 0.2) is 29.6 Å². The molecule has 3 N–H and O–H groups in total. The van der Waals surface area contributed by atoms with Gasteiger partial charge in [0, 0.05) is 24.2 Å². The second kappa shape index (κ2) is 7.88. The number of carbonyl (C=O) groups is 1. The quantitative estimate of drug-likeness (QED) is 0.721. The van der Waals surface area contributed by atoms with Crippen molar-refractivity contribution >= 4 is 28.1 Å². The molecule has 118 valence electrons. The highest BCUT2D eigenvalue weighted by molar-refractivity contribution is 7.14. The van der Waals surface area contributed by atoms with Gasteiger partial charge in [0.05, 0.1) is 13.2 Å². The van der Waals surface area contributed by atoms with Gasteiger partial charge in [-0.2, -0.15) is 0 Å². The average Bonchev–Trinajstić information content (AvgIpc) is 2.95. The van der Waals surface area contributed by atoms with E-state index in [1.54, 1.807) is 5.38 Å². The molecule has 0 spiro atoms. The van der Waals surface area contributed by atoms with E-state index in [0.717, 1.165) is 11.3 Å². The zero-order valence-corrected chi connectivity index (χ0v) is 13.1. The van der Waals surface area contributed by atoms with Crippen LogP contribution in [0, 0.1) is 6.92 Å². The first kappa shape index (κ1) is 16.4. The molecule has 2 rings (SSSR count). The summed E-state index contributed by atoms with van der Waals surface area (Å²) in [6.07, 6.45) is 0. The average molecular weight is 321 g/mol. The van der Waals surface area contributed by atoms with Crippen molar-refractivity contribution in [2.75, 3.05) is 31.6 Å². The van der Waals surface area contributed by atoms with Crippen LogP contribution in [0.25, 0.3) is 0 Å². The first-order chi connectivity index (χ1) is 10.6. The third kappa shape index (κ3) is 4.27. The van der Waals surface area contributed by atoms with Crippen molar-refractivity contribution in [2.24, 2.45) is 0 Å². The van der Waals surface area contributed by atoms with Crippen LogP contribution >= 0.6 is 11.3 Å². The Hall–Kier alpha value is -1.96. The standard InChI is InChI=1S/C15H19N3O3S/c1-11-3-2-4-12(9-11)16-15-17-13(10-22-15)14(21)18(5-7-19)6-8-20/h2-4,9-10,19-20H,5-8H2,1H3,(H,16,17). The molecule has 0 bridgehead atoms. The number of aryl methyl sites for hydroxylation is 1. The summed E-state index contributed by atoms with van der Waals surface area (Å²) in [5.41, 5.74) is 2.35. The minimum absolute atomic E-state index is 0.149. The van der Waals surface area contributed by atoms with Gasteiger partial charge >= 0.3 is 0 Å². The number of benzene rings is 1. The van der Waals surface area contributed by atoms with E-state index in [0.29, 0.717) is 10.8 Å². The minimum Gasteiger partial charge on any atom is -0.395 e. The number of aromatic nitrogens is 1. The molecule has 2 aromatic rings. The van der Waals surface area contributed by atoms with Gasteiger partial charge < -0.3 is 20.4 Å². The molecule has 1 amide bonds. The van der Waals surface area contributed by atoms with Crippen LogP contribution in [0.2, 0.25) is 0 Å². The Morgan fingerprint density at radius 2 is 2.05 bits per heavy atom. The van der Waals surface area contributed by atoms with Crippen molar-refractivity contribution in [1.29, 1.82) is 0 Å². The number of rotatable bonds is 7. The predicted octanol–water partition coefficient (Wildman–Crippen LogP) is 1.62. The maximum absolute atomic E-state index is 12.3. The number of hydrogen-bond acceptors (Lipinski definition) is 6. The molecule has 7 heteroatoms. The predicted molar refractivity (Wildman–Crippen MR) is 86.7 cm³/mol. The summed E-state index contributed by atoms with van der Waals surface area (Å²) in [5, 5.41) is 23.4. The van der Waals surface area contributed by atoms with Gasteiger partial charge in [0.25, 0.3) is 5.91 Å². The maximum Gasteiger partial charge on any atom is 0.273 e. The van der Waals surface area contributed by atoms with E-state index in [4.69, 9.17) is 10.2 Å². The van der Waals surface area contributed by atoms with Crippen LogP contribution < -0.4 is 5.32 Å². The smallest absolute Gasteiger partial charge is 0.273 e. The lowest BCUT2D eigenvalue weighted by Crippen LogP contribution is -2.36. The number of thiazole rings is 1. The molecule has 0 fully saturated rings. The van der Waals surface area contributed by atoms with Crippen LogP contribution in [0.1, 0.15) is 16.1 Å². The molecule has 0 aliphatic heterocycles.